The van der Waals surface area contributed by atoms with Crippen molar-refractivity contribution in [1.29, 1.82) is 0 Å². The summed E-state index contributed by atoms with van der Waals surface area (Å²) < 4.78 is 42.6. The first kappa shape index (κ1) is 15.8. The minimum atomic E-state index is -4.34. The molecule has 1 aliphatic rings. The smallest absolute Gasteiger partial charge is 0.375 e. The van der Waals surface area contributed by atoms with Crippen molar-refractivity contribution in [3.05, 3.63) is 35.4 Å². The van der Waals surface area contributed by atoms with E-state index in [1.807, 2.05) is 0 Å². The molecule has 0 radical (unpaired) electrons. The van der Waals surface area contributed by atoms with Crippen molar-refractivity contribution in [2.45, 2.75) is 31.5 Å². The monoisotopic (exact) mass is 301 g/mol. The van der Waals surface area contributed by atoms with Crippen molar-refractivity contribution in [2.75, 3.05) is 20.3 Å². The average molecular weight is 301 g/mol. The Labute approximate surface area is 121 Å². The van der Waals surface area contributed by atoms with Gasteiger partial charge in [-0.2, -0.15) is 13.2 Å². The second kappa shape index (κ2) is 6.47. The van der Waals surface area contributed by atoms with Crippen molar-refractivity contribution in [1.82, 2.24) is 4.90 Å². The molecule has 0 bridgehead atoms. The largest absolute Gasteiger partial charge is 0.416 e. The molecule has 1 amide bonds. The van der Waals surface area contributed by atoms with Crippen LogP contribution in [0.2, 0.25) is 0 Å². The van der Waals surface area contributed by atoms with E-state index in [1.54, 1.807) is 4.90 Å². The molecule has 21 heavy (non-hydrogen) atoms. The number of carbonyl (C=O) groups excluding carboxylic acids is 1. The summed E-state index contributed by atoms with van der Waals surface area (Å²) in [5, 5.41) is 0. The van der Waals surface area contributed by atoms with Crippen LogP contribution in [-0.4, -0.2) is 31.1 Å². The Morgan fingerprint density at radius 2 is 1.95 bits per heavy atom. The highest BCUT2D eigenvalue weighted by Gasteiger charge is 2.32. The summed E-state index contributed by atoms with van der Waals surface area (Å²) in [5.41, 5.74) is 0.0731. The topological polar surface area (TPSA) is 29.5 Å². The molecule has 0 unspecified atom stereocenters. The highest BCUT2D eigenvalue weighted by Crippen LogP contribution is 2.34. The fourth-order valence-electron chi connectivity index (χ4n) is 2.68. The second-order valence-electron chi connectivity index (χ2n) is 5.15. The summed E-state index contributed by atoms with van der Waals surface area (Å²) >= 11 is 0. The maximum absolute atomic E-state index is 12.6. The lowest BCUT2D eigenvalue weighted by molar-refractivity contribution is -0.139. The van der Waals surface area contributed by atoms with Crippen molar-refractivity contribution in [2.24, 2.45) is 0 Å². The summed E-state index contributed by atoms with van der Waals surface area (Å²) in [6, 6.07) is 4.91. The van der Waals surface area contributed by atoms with Gasteiger partial charge in [-0.3, -0.25) is 4.79 Å². The SMILES string of the molecule is COCC(=O)N1CCCC[C@@H]1c1ccc(C(F)(F)F)cc1. The van der Waals surface area contributed by atoms with Gasteiger partial charge in [0.05, 0.1) is 11.6 Å². The van der Waals surface area contributed by atoms with Crippen LogP contribution in [0.1, 0.15) is 36.4 Å². The number of methoxy groups -OCH3 is 1. The van der Waals surface area contributed by atoms with Gasteiger partial charge in [-0.05, 0) is 37.0 Å². The number of hydrogen-bond acceptors (Lipinski definition) is 2. The molecule has 1 fully saturated rings. The fraction of sp³-hybridized carbons (Fsp3) is 0.533. The first-order chi connectivity index (χ1) is 9.93. The standard InChI is InChI=1S/C15H18F3NO2/c1-21-10-14(20)19-9-3-2-4-13(19)11-5-7-12(8-6-11)15(16,17)18/h5-8,13H,2-4,9-10H2,1H3/t13-/m1/s1. The fourth-order valence-corrected chi connectivity index (χ4v) is 2.68. The lowest BCUT2D eigenvalue weighted by Gasteiger charge is -2.36. The zero-order valence-corrected chi connectivity index (χ0v) is 11.8. The zero-order valence-electron chi connectivity index (χ0n) is 11.8. The van der Waals surface area contributed by atoms with E-state index in [4.69, 9.17) is 4.74 Å². The molecular formula is C15H18F3NO2. The van der Waals surface area contributed by atoms with Crippen molar-refractivity contribution in [3.8, 4) is 0 Å². The maximum Gasteiger partial charge on any atom is 0.416 e. The van der Waals surface area contributed by atoms with Crippen LogP contribution in [0.15, 0.2) is 24.3 Å². The van der Waals surface area contributed by atoms with Gasteiger partial charge in [-0.1, -0.05) is 12.1 Å². The predicted octanol–water partition coefficient (Wildman–Crippen LogP) is 3.41. The number of hydrogen-bond donors (Lipinski definition) is 0. The van der Waals surface area contributed by atoms with Gasteiger partial charge in [0.15, 0.2) is 0 Å². The van der Waals surface area contributed by atoms with Gasteiger partial charge < -0.3 is 9.64 Å². The Morgan fingerprint density at radius 3 is 2.52 bits per heavy atom. The first-order valence-corrected chi connectivity index (χ1v) is 6.89. The van der Waals surface area contributed by atoms with E-state index in [0.717, 1.165) is 37.0 Å². The number of amides is 1. The number of benzene rings is 1. The van der Waals surface area contributed by atoms with E-state index < -0.39 is 11.7 Å². The molecular weight excluding hydrogens is 283 g/mol. The first-order valence-electron chi connectivity index (χ1n) is 6.89. The third kappa shape index (κ3) is 3.75. The van der Waals surface area contributed by atoms with Crippen LogP contribution in [0.5, 0.6) is 0 Å². The molecule has 3 nitrogen and oxygen atoms in total. The molecule has 1 aromatic carbocycles. The Bertz CT molecular complexity index is 485. The second-order valence-corrected chi connectivity index (χ2v) is 5.15. The summed E-state index contributed by atoms with van der Waals surface area (Å²) in [7, 11) is 1.45. The molecule has 1 aromatic rings. The summed E-state index contributed by atoms with van der Waals surface area (Å²) in [5.74, 6) is -0.123. The summed E-state index contributed by atoms with van der Waals surface area (Å²) in [6.07, 6.45) is -1.70. The van der Waals surface area contributed by atoms with E-state index in [1.165, 1.54) is 19.2 Å². The molecule has 0 spiro atoms. The van der Waals surface area contributed by atoms with Crippen molar-refractivity contribution >= 4 is 5.91 Å². The molecule has 1 aliphatic heterocycles. The molecule has 0 saturated carbocycles. The van der Waals surface area contributed by atoms with E-state index in [-0.39, 0.29) is 18.6 Å². The summed E-state index contributed by atoms with van der Waals surface area (Å²) in [6.45, 7) is 0.616. The molecule has 0 aliphatic carbocycles. The lowest BCUT2D eigenvalue weighted by atomic mass is 9.94. The molecule has 1 atom stereocenters. The Kier molecular flexibility index (Phi) is 4.88. The van der Waals surface area contributed by atoms with E-state index in [0.29, 0.717) is 6.54 Å². The van der Waals surface area contributed by atoms with Crippen molar-refractivity contribution in [3.63, 3.8) is 0 Å². The van der Waals surface area contributed by atoms with Gasteiger partial charge in [-0.15, -0.1) is 0 Å². The minimum Gasteiger partial charge on any atom is -0.375 e. The Hall–Kier alpha value is -1.56. The predicted molar refractivity (Wildman–Crippen MR) is 71.6 cm³/mol. The van der Waals surface area contributed by atoms with Gasteiger partial charge in [0, 0.05) is 13.7 Å². The number of halogens is 3. The third-order valence-corrected chi connectivity index (χ3v) is 3.71. The van der Waals surface area contributed by atoms with Crippen LogP contribution in [0.4, 0.5) is 13.2 Å². The van der Waals surface area contributed by atoms with Crippen LogP contribution in [0.25, 0.3) is 0 Å². The van der Waals surface area contributed by atoms with Gasteiger partial charge in [-0.25, -0.2) is 0 Å². The van der Waals surface area contributed by atoms with E-state index >= 15 is 0 Å². The molecule has 0 aromatic heterocycles. The number of piperidine rings is 1. The highest BCUT2D eigenvalue weighted by atomic mass is 19.4. The van der Waals surface area contributed by atoms with Crippen LogP contribution >= 0.6 is 0 Å². The van der Waals surface area contributed by atoms with Crippen LogP contribution < -0.4 is 0 Å². The Balaban J connectivity index is 2.19. The van der Waals surface area contributed by atoms with Crippen LogP contribution in [0, 0.1) is 0 Å². The highest BCUT2D eigenvalue weighted by molar-refractivity contribution is 5.78. The maximum atomic E-state index is 12.6. The third-order valence-electron chi connectivity index (χ3n) is 3.71. The number of alkyl halides is 3. The average Bonchev–Trinajstić information content (AvgIpc) is 2.47. The van der Waals surface area contributed by atoms with Crippen LogP contribution in [0.3, 0.4) is 0 Å². The Morgan fingerprint density at radius 1 is 1.29 bits per heavy atom. The number of likely N-dealkylation sites (tertiary alicyclic amines) is 1. The molecule has 2 rings (SSSR count). The number of nitrogens with zero attached hydrogens (tertiary/aromatic N) is 1. The van der Waals surface area contributed by atoms with Gasteiger partial charge in [0.25, 0.3) is 0 Å². The van der Waals surface area contributed by atoms with Gasteiger partial charge >= 0.3 is 6.18 Å². The van der Waals surface area contributed by atoms with Crippen molar-refractivity contribution < 1.29 is 22.7 Å². The van der Waals surface area contributed by atoms with E-state index in [2.05, 4.69) is 0 Å². The van der Waals surface area contributed by atoms with Crippen LogP contribution in [-0.2, 0) is 15.7 Å². The van der Waals surface area contributed by atoms with Gasteiger partial charge in [0.1, 0.15) is 6.61 Å². The lowest BCUT2D eigenvalue weighted by Crippen LogP contribution is -2.40. The number of ether oxygens (including phenoxy) is 1. The molecule has 1 heterocycles. The minimum absolute atomic E-state index is 0.00284. The molecule has 116 valence electrons. The summed E-state index contributed by atoms with van der Waals surface area (Å²) in [4.78, 5) is 13.7. The number of rotatable bonds is 3. The van der Waals surface area contributed by atoms with E-state index in [9.17, 15) is 18.0 Å². The number of carbonyl (C=O) groups is 1. The quantitative estimate of drug-likeness (QED) is 0.856. The molecule has 6 heteroatoms. The molecule has 1 saturated heterocycles. The zero-order chi connectivity index (χ0) is 15.5. The normalized spacial score (nSPS) is 19.6. The molecule has 0 N–H and O–H groups in total. The van der Waals surface area contributed by atoms with Gasteiger partial charge in [0.2, 0.25) is 5.91 Å².